The third kappa shape index (κ3) is 4.17. The summed E-state index contributed by atoms with van der Waals surface area (Å²) in [6, 6.07) is 7.34. The normalized spacial score (nSPS) is 23.2. The Balaban J connectivity index is 1.37. The molecule has 1 aliphatic carbocycles. The van der Waals surface area contributed by atoms with Gasteiger partial charge in [-0.15, -0.1) is 0 Å². The van der Waals surface area contributed by atoms with Crippen LogP contribution < -0.4 is 15.5 Å². The number of amides is 3. The molecule has 1 aliphatic heterocycles. The number of imidazole rings is 1. The summed E-state index contributed by atoms with van der Waals surface area (Å²) in [7, 11) is 0. The topological polar surface area (TPSA) is 107 Å². The molecule has 2 aromatic rings. The second kappa shape index (κ2) is 8.70. The lowest BCUT2D eigenvalue weighted by Gasteiger charge is -2.36. The fourth-order valence-electron chi connectivity index (χ4n) is 4.63. The highest BCUT2D eigenvalue weighted by Crippen LogP contribution is 2.46. The van der Waals surface area contributed by atoms with Crippen molar-refractivity contribution in [2.24, 2.45) is 5.41 Å². The molecule has 8 nitrogen and oxygen atoms in total. The van der Waals surface area contributed by atoms with Crippen LogP contribution in [0.25, 0.3) is 0 Å². The highest BCUT2D eigenvalue weighted by molar-refractivity contribution is 6.31. The molecule has 2 aliphatic rings. The summed E-state index contributed by atoms with van der Waals surface area (Å²) in [6.45, 7) is 2.94. The van der Waals surface area contributed by atoms with E-state index < -0.39 is 0 Å². The number of rotatable bonds is 5. The number of aromatic nitrogens is 2. The summed E-state index contributed by atoms with van der Waals surface area (Å²) in [5.41, 5.74) is 0.718. The van der Waals surface area contributed by atoms with Gasteiger partial charge in [0.2, 0.25) is 5.91 Å². The third-order valence-corrected chi connectivity index (χ3v) is 6.56. The van der Waals surface area contributed by atoms with Crippen molar-refractivity contribution in [1.82, 2.24) is 20.6 Å². The molecule has 2 heterocycles. The number of aromatic amines is 1. The molecule has 1 spiro atoms. The van der Waals surface area contributed by atoms with Gasteiger partial charge in [0.05, 0.1) is 11.7 Å². The molecule has 0 atom stereocenters. The number of hydrogen-bond acceptors (Lipinski definition) is 4. The fourth-order valence-corrected chi connectivity index (χ4v) is 4.82. The van der Waals surface area contributed by atoms with Crippen LogP contribution in [-0.4, -0.2) is 46.8 Å². The van der Waals surface area contributed by atoms with Gasteiger partial charge in [-0.1, -0.05) is 17.7 Å². The molecule has 0 unspecified atom stereocenters. The molecule has 0 radical (unpaired) electrons. The van der Waals surface area contributed by atoms with Crippen molar-refractivity contribution in [2.45, 2.75) is 45.1 Å². The smallest absolute Gasteiger partial charge is 0.272 e. The number of nitrogens with one attached hydrogen (secondary N) is 3. The van der Waals surface area contributed by atoms with Crippen LogP contribution >= 0.6 is 11.6 Å². The van der Waals surface area contributed by atoms with Gasteiger partial charge in [-0.3, -0.25) is 14.4 Å². The van der Waals surface area contributed by atoms with Gasteiger partial charge in [-0.2, -0.15) is 0 Å². The van der Waals surface area contributed by atoms with Crippen LogP contribution in [0.2, 0.25) is 5.02 Å². The third-order valence-electron chi connectivity index (χ3n) is 6.33. The van der Waals surface area contributed by atoms with Gasteiger partial charge >= 0.3 is 0 Å². The van der Waals surface area contributed by atoms with Crippen LogP contribution in [0.5, 0.6) is 0 Å². The monoisotopic (exact) mass is 443 g/mol. The van der Waals surface area contributed by atoms with Crippen LogP contribution in [0.3, 0.4) is 0 Å². The highest BCUT2D eigenvalue weighted by atomic mass is 35.5. The first-order valence-corrected chi connectivity index (χ1v) is 11.0. The largest absolute Gasteiger partial charge is 0.351 e. The molecule has 1 aromatic heterocycles. The maximum absolute atomic E-state index is 13.2. The van der Waals surface area contributed by atoms with Crippen molar-refractivity contribution in [2.75, 3.05) is 18.0 Å². The number of nitrogens with zero attached hydrogens (tertiary/aromatic N) is 2. The molecule has 4 rings (SSSR count). The maximum Gasteiger partial charge on any atom is 0.272 e. The standard InChI is InChI=1S/C22H26ClN5O3/c1-2-24-19(29)17-18(26-13-25-17)20(30)27-15-6-8-22(9-7-15)10-11-28(21(22)31)16-5-3-4-14(23)12-16/h3-5,12-13,15H,2,6-11H2,1H3,(H,24,29)(H,25,26)(H,27,30)/t15-,22-. The maximum atomic E-state index is 13.2. The van der Waals surface area contributed by atoms with E-state index in [1.807, 2.05) is 23.1 Å². The Kier molecular flexibility index (Phi) is 6.00. The Morgan fingerprint density at radius 2 is 2.03 bits per heavy atom. The summed E-state index contributed by atoms with van der Waals surface area (Å²) in [6.07, 6.45) is 5.02. The van der Waals surface area contributed by atoms with E-state index in [0.717, 1.165) is 24.9 Å². The van der Waals surface area contributed by atoms with Gasteiger partial charge in [0.25, 0.3) is 11.8 Å². The minimum Gasteiger partial charge on any atom is -0.351 e. The lowest BCUT2D eigenvalue weighted by Crippen LogP contribution is -2.44. The molecular formula is C22H26ClN5O3. The molecule has 31 heavy (non-hydrogen) atoms. The van der Waals surface area contributed by atoms with Crippen molar-refractivity contribution in [3.05, 3.63) is 47.0 Å². The average molecular weight is 444 g/mol. The number of carbonyl (C=O) groups is 3. The van der Waals surface area contributed by atoms with Crippen LogP contribution in [0, 0.1) is 5.41 Å². The minimum absolute atomic E-state index is 0.0449. The van der Waals surface area contributed by atoms with Gasteiger partial charge in [0, 0.05) is 29.8 Å². The zero-order chi connectivity index (χ0) is 22.0. The second-order valence-electron chi connectivity index (χ2n) is 8.20. The summed E-state index contributed by atoms with van der Waals surface area (Å²) in [4.78, 5) is 46.6. The minimum atomic E-state index is -0.380. The highest BCUT2D eigenvalue weighted by Gasteiger charge is 2.48. The lowest BCUT2D eigenvalue weighted by molar-refractivity contribution is -0.127. The molecule has 164 valence electrons. The summed E-state index contributed by atoms with van der Waals surface area (Å²) in [5.74, 6) is -0.584. The Labute approximate surface area is 185 Å². The van der Waals surface area contributed by atoms with Crippen molar-refractivity contribution in [3.8, 4) is 0 Å². The number of anilines is 1. The van der Waals surface area contributed by atoms with Crippen LogP contribution in [0.4, 0.5) is 5.69 Å². The Hall–Kier alpha value is -2.87. The van der Waals surface area contributed by atoms with Gasteiger partial charge in [-0.25, -0.2) is 4.98 Å². The van der Waals surface area contributed by atoms with Gasteiger partial charge in [-0.05, 0) is 57.2 Å². The number of benzene rings is 1. The second-order valence-corrected chi connectivity index (χ2v) is 8.64. The first kappa shape index (κ1) is 21.4. The average Bonchev–Trinajstić information content (AvgIpc) is 3.36. The van der Waals surface area contributed by atoms with E-state index >= 15 is 0 Å². The van der Waals surface area contributed by atoms with Crippen molar-refractivity contribution >= 4 is 35.0 Å². The molecular weight excluding hydrogens is 418 g/mol. The predicted molar refractivity (Wildman–Crippen MR) is 117 cm³/mol. The molecule has 3 N–H and O–H groups in total. The summed E-state index contributed by atoms with van der Waals surface area (Å²) >= 11 is 6.10. The quantitative estimate of drug-likeness (QED) is 0.660. The predicted octanol–water partition coefficient (Wildman–Crippen LogP) is 2.91. The van der Waals surface area contributed by atoms with E-state index in [9.17, 15) is 14.4 Å². The number of halogens is 1. The van der Waals surface area contributed by atoms with E-state index in [-0.39, 0.29) is 40.6 Å². The Morgan fingerprint density at radius 1 is 1.26 bits per heavy atom. The van der Waals surface area contributed by atoms with E-state index in [2.05, 4.69) is 20.6 Å². The van der Waals surface area contributed by atoms with Crippen molar-refractivity contribution < 1.29 is 14.4 Å². The van der Waals surface area contributed by atoms with E-state index in [0.29, 0.717) is 31.0 Å². The zero-order valence-corrected chi connectivity index (χ0v) is 18.2. The van der Waals surface area contributed by atoms with Crippen LogP contribution in [0.15, 0.2) is 30.6 Å². The van der Waals surface area contributed by atoms with Gasteiger partial charge < -0.3 is 20.5 Å². The number of H-pyrrole nitrogens is 1. The summed E-state index contributed by atoms with van der Waals surface area (Å²) in [5, 5.41) is 6.27. The zero-order valence-electron chi connectivity index (χ0n) is 17.4. The van der Waals surface area contributed by atoms with Gasteiger partial charge in [0.1, 0.15) is 5.69 Å². The van der Waals surface area contributed by atoms with Gasteiger partial charge in [0.15, 0.2) is 5.69 Å². The van der Waals surface area contributed by atoms with Crippen molar-refractivity contribution in [1.29, 1.82) is 0 Å². The van der Waals surface area contributed by atoms with Crippen LogP contribution in [0.1, 0.15) is 60.0 Å². The molecule has 3 amide bonds. The molecule has 1 aromatic carbocycles. The number of carbonyl (C=O) groups excluding carboxylic acids is 3. The molecule has 9 heteroatoms. The molecule has 0 bridgehead atoms. The van der Waals surface area contributed by atoms with E-state index in [1.165, 1.54) is 6.33 Å². The van der Waals surface area contributed by atoms with E-state index in [1.54, 1.807) is 13.0 Å². The molecule has 1 saturated carbocycles. The van der Waals surface area contributed by atoms with Crippen LogP contribution in [-0.2, 0) is 4.79 Å². The molecule has 2 fully saturated rings. The Morgan fingerprint density at radius 3 is 2.74 bits per heavy atom. The van der Waals surface area contributed by atoms with Crippen molar-refractivity contribution in [3.63, 3.8) is 0 Å². The SMILES string of the molecule is CCNC(=O)c1nc[nH]c1C(=O)N[C@H]1CC[C@@]2(CCN(c3cccc(Cl)c3)C2=O)CC1. The first-order valence-electron chi connectivity index (χ1n) is 10.6. The fraction of sp³-hybridized carbons (Fsp3) is 0.455. The Bertz CT molecular complexity index is 997. The molecule has 1 saturated heterocycles. The van der Waals surface area contributed by atoms with E-state index in [4.69, 9.17) is 11.6 Å². The lowest BCUT2D eigenvalue weighted by atomic mass is 9.71. The summed E-state index contributed by atoms with van der Waals surface area (Å²) < 4.78 is 0. The first-order chi connectivity index (χ1) is 14.9. The number of hydrogen-bond donors (Lipinski definition) is 3.